The minimum Gasteiger partial charge on any atom is -0.381 e. The molecule has 0 spiro atoms. The fourth-order valence-electron chi connectivity index (χ4n) is 2.11. The summed E-state index contributed by atoms with van der Waals surface area (Å²) in [5, 5.41) is 14.6. The van der Waals surface area contributed by atoms with Gasteiger partial charge in [-0.2, -0.15) is 0 Å². The second-order valence-electron chi connectivity index (χ2n) is 4.64. The van der Waals surface area contributed by atoms with E-state index in [4.69, 9.17) is 11.6 Å². The monoisotopic (exact) mass is 269 g/mol. The molecule has 6 heteroatoms. The van der Waals surface area contributed by atoms with Crippen molar-refractivity contribution in [3.8, 4) is 0 Å². The molecule has 0 bridgehead atoms. The molecule has 0 radical (unpaired) electrons. The first-order valence-electron chi connectivity index (χ1n) is 5.95. The third kappa shape index (κ3) is 3.11. The van der Waals surface area contributed by atoms with E-state index in [-0.39, 0.29) is 5.69 Å². The first kappa shape index (κ1) is 13.1. The Kier molecular flexibility index (Phi) is 4.04. The van der Waals surface area contributed by atoms with E-state index in [0.29, 0.717) is 16.8 Å². The van der Waals surface area contributed by atoms with E-state index >= 15 is 0 Å². The standard InChI is InChI=1S/C12H16ClN3O2/c1-15-6-4-9(5-7-15)14-12-8-10(16(17)18)2-3-11(12)13/h2-3,8-9,14H,4-7H2,1H3. The Morgan fingerprint density at radius 2 is 2.11 bits per heavy atom. The molecule has 1 fully saturated rings. The number of anilines is 1. The Labute approximate surface area is 111 Å². The predicted octanol–water partition coefficient (Wildman–Crippen LogP) is 2.75. The Balaban J connectivity index is 2.08. The fourth-order valence-corrected chi connectivity index (χ4v) is 2.28. The van der Waals surface area contributed by atoms with Crippen LogP contribution < -0.4 is 5.32 Å². The molecule has 18 heavy (non-hydrogen) atoms. The zero-order valence-corrected chi connectivity index (χ0v) is 11.0. The summed E-state index contributed by atoms with van der Waals surface area (Å²) in [6.45, 7) is 2.06. The van der Waals surface area contributed by atoms with Crippen LogP contribution in [0.4, 0.5) is 11.4 Å². The van der Waals surface area contributed by atoms with E-state index in [9.17, 15) is 10.1 Å². The van der Waals surface area contributed by atoms with Crippen molar-refractivity contribution in [2.45, 2.75) is 18.9 Å². The second-order valence-corrected chi connectivity index (χ2v) is 5.05. The van der Waals surface area contributed by atoms with Crippen LogP contribution in [0.1, 0.15) is 12.8 Å². The number of likely N-dealkylation sites (tertiary alicyclic amines) is 1. The minimum absolute atomic E-state index is 0.0647. The maximum Gasteiger partial charge on any atom is 0.271 e. The van der Waals surface area contributed by atoms with Gasteiger partial charge >= 0.3 is 0 Å². The first-order valence-corrected chi connectivity index (χ1v) is 6.33. The van der Waals surface area contributed by atoms with Crippen LogP contribution in [-0.2, 0) is 0 Å². The van der Waals surface area contributed by atoms with Gasteiger partial charge in [0.15, 0.2) is 0 Å². The number of nitro groups is 1. The lowest BCUT2D eigenvalue weighted by atomic mass is 10.1. The van der Waals surface area contributed by atoms with E-state index in [1.165, 1.54) is 12.1 Å². The summed E-state index contributed by atoms with van der Waals surface area (Å²) < 4.78 is 0. The average molecular weight is 270 g/mol. The van der Waals surface area contributed by atoms with Crippen molar-refractivity contribution < 1.29 is 4.92 Å². The first-order chi connectivity index (χ1) is 8.56. The number of non-ortho nitro benzene ring substituents is 1. The number of rotatable bonds is 3. The maximum atomic E-state index is 10.7. The number of nitrogens with one attached hydrogen (secondary N) is 1. The van der Waals surface area contributed by atoms with E-state index in [1.54, 1.807) is 6.07 Å². The van der Waals surface area contributed by atoms with Gasteiger partial charge in [0.1, 0.15) is 0 Å². The van der Waals surface area contributed by atoms with Crippen LogP contribution in [0.3, 0.4) is 0 Å². The van der Waals surface area contributed by atoms with Crippen molar-refractivity contribution in [2.24, 2.45) is 0 Å². The molecule has 0 aliphatic carbocycles. The normalized spacial score (nSPS) is 17.7. The Morgan fingerprint density at radius 1 is 1.44 bits per heavy atom. The summed E-state index contributed by atoms with van der Waals surface area (Å²) in [5.74, 6) is 0. The van der Waals surface area contributed by atoms with Crippen LogP contribution >= 0.6 is 11.6 Å². The number of benzene rings is 1. The van der Waals surface area contributed by atoms with Gasteiger partial charge in [-0.3, -0.25) is 10.1 Å². The van der Waals surface area contributed by atoms with Crippen molar-refractivity contribution in [1.82, 2.24) is 4.90 Å². The van der Waals surface area contributed by atoms with Crippen LogP contribution in [0.15, 0.2) is 18.2 Å². The van der Waals surface area contributed by atoms with Crippen LogP contribution in [-0.4, -0.2) is 36.0 Å². The van der Waals surface area contributed by atoms with Gasteiger partial charge in [0, 0.05) is 18.2 Å². The zero-order chi connectivity index (χ0) is 13.1. The Hall–Kier alpha value is -1.33. The molecule has 1 saturated heterocycles. The van der Waals surface area contributed by atoms with E-state index < -0.39 is 4.92 Å². The van der Waals surface area contributed by atoms with Crippen molar-refractivity contribution in [2.75, 3.05) is 25.5 Å². The van der Waals surface area contributed by atoms with Crippen LogP contribution in [0, 0.1) is 10.1 Å². The van der Waals surface area contributed by atoms with Gasteiger partial charge in [-0.15, -0.1) is 0 Å². The van der Waals surface area contributed by atoms with E-state index in [1.807, 2.05) is 0 Å². The topological polar surface area (TPSA) is 58.4 Å². The minimum atomic E-state index is -0.407. The highest BCUT2D eigenvalue weighted by atomic mass is 35.5. The molecular formula is C12H16ClN3O2. The molecule has 2 rings (SSSR count). The van der Waals surface area contributed by atoms with Crippen molar-refractivity contribution in [3.05, 3.63) is 33.3 Å². The van der Waals surface area contributed by atoms with Gasteiger partial charge in [-0.1, -0.05) is 11.6 Å². The SMILES string of the molecule is CN1CCC(Nc2cc([N+](=O)[O-])ccc2Cl)CC1. The molecule has 0 amide bonds. The molecule has 1 aliphatic heterocycles. The third-order valence-electron chi connectivity index (χ3n) is 3.24. The molecule has 5 nitrogen and oxygen atoms in total. The predicted molar refractivity (Wildman–Crippen MR) is 72.2 cm³/mol. The largest absolute Gasteiger partial charge is 0.381 e. The lowest BCUT2D eigenvalue weighted by Gasteiger charge is -2.30. The lowest BCUT2D eigenvalue weighted by Crippen LogP contribution is -2.36. The highest BCUT2D eigenvalue weighted by molar-refractivity contribution is 6.33. The molecule has 1 aromatic carbocycles. The highest BCUT2D eigenvalue weighted by Gasteiger charge is 2.18. The van der Waals surface area contributed by atoms with Crippen LogP contribution in [0.5, 0.6) is 0 Å². The molecule has 0 atom stereocenters. The van der Waals surface area contributed by atoms with Crippen molar-refractivity contribution >= 4 is 23.0 Å². The Bertz CT molecular complexity index is 445. The van der Waals surface area contributed by atoms with Gasteiger partial charge in [-0.05, 0) is 39.0 Å². The molecule has 1 aromatic rings. The summed E-state index contributed by atoms with van der Waals surface area (Å²) in [4.78, 5) is 12.6. The van der Waals surface area contributed by atoms with E-state index in [0.717, 1.165) is 25.9 Å². The fraction of sp³-hybridized carbons (Fsp3) is 0.500. The molecule has 1 aliphatic rings. The van der Waals surface area contributed by atoms with Crippen LogP contribution in [0.2, 0.25) is 5.02 Å². The van der Waals surface area contributed by atoms with Gasteiger partial charge in [0.2, 0.25) is 0 Å². The summed E-state index contributed by atoms with van der Waals surface area (Å²) in [5.41, 5.74) is 0.718. The zero-order valence-electron chi connectivity index (χ0n) is 10.2. The molecule has 0 aromatic heterocycles. The van der Waals surface area contributed by atoms with Crippen molar-refractivity contribution in [3.63, 3.8) is 0 Å². The molecule has 1 heterocycles. The average Bonchev–Trinajstić information content (AvgIpc) is 2.34. The number of hydrogen-bond donors (Lipinski definition) is 1. The molecule has 1 N–H and O–H groups in total. The summed E-state index contributed by atoms with van der Waals surface area (Å²) in [6, 6.07) is 4.82. The lowest BCUT2D eigenvalue weighted by molar-refractivity contribution is -0.384. The number of hydrogen-bond acceptors (Lipinski definition) is 4. The number of halogens is 1. The summed E-state index contributed by atoms with van der Waals surface area (Å²) in [7, 11) is 2.09. The summed E-state index contributed by atoms with van der Waals surface area (Å²) >= 11 is 6.05. The summed E-state index contributed by atoms with van der Waals surface area (Å²) in [6.07, 6.45) is 2.05. The van der Waals surface area contributed by atoms with Gasteiger partial charge in [0.25, 0.3) is 5.69 Å². The van der Waals surface area contributed by atoms with Crippen molar-refractivity contribution in [1.29, 1.82) is 0 Å². The molecular weight excluding hydrogens is 254 g/mol. The second kappa shape index (κ2) is 5.54. The maximum absolute atomic E-state index is 10.7. The van der Waals surface area contributed by atoms with Gasteiger partial charge in [-0.25, -0.2) is 0 Å². The molecule has 0 unspecified atom stereocenters. The highest BCUT2D eigenvalue weighted by Crippen LogP contribution is 2.28. The number of nitrogens with zero attached hydrogens (tertiary/aromatic N) is 2. The van der Waals surface area contributed by atoms with Gasteiger partial charge in [0.05, 0.1) is 15.6 Å². The van der Waals surface area contributed by atoms with Crippen LogP contribution in [0.25, 0.3) is 0 Å². The van der Waals surface area contributed by atoms with E-state index in [2.05, 4.69) is 17.3 Å². The smallest absolute Gasteiger partial charge is 0.271 e. The molecule has 0 saturated carbocycles. The third-order valence-corrected chi connectivity index (χ3v) is 3.57. The Morgan fingerprint density at radius 3 is 2.72 bits per heavy atom. The number of piperidine rings is 1. The number of nitro benzene ring substituents is 1. The quantitative estimate of drug-likeness (QED) is 0.677. The van der Waals surface area contributed by atoms with Gasteiger partial charge < -0.3 is 10.2 Å². The molecule has 98 valence electrons.